The molecule has 1 fully saturated rings. The van der Waals surface area contributed by atoms with Gasteiger partial charge in [0.2, 0.25) is 17.6 Å². The average Bonchev–Trinajstić information content (AvgIpc) is 3.12. The number of carbonyl (C=O) groups excluding carboxylic acids is 2. The molecule has 0 bridgehead atoms. The molecule has 2 aromatic heterocycles. The fourth-order valence-electron chi connectivity index (χ4n) is 3.38. The first-order chi connectivity index (χ1) is 14.0. The van der Waals surface area contributed by atoms with Gasteiger partial charge in [-0.15, -0.1) is 0 Å². The summed E-state index contributed by atoms with van der Waals surface area (Å²) in [4.78, 5) is 36.5. The Hall–Kier alpha value is -3.13. The number of imidazole rings is 1. The molecule has 4 rings (SSSR count). The second-order valence-electron chi connectivity index (χ2n) is 7.00. The normalized spacial score (nSPS) is 14.3. The van der Waals surface area contributed by atoms with Crippen molar-refractivity contribution >= 4 is 40.7 Å². The molecule has 0 saturated carbocycles. The molecule has 9 heteroatoms. The second-order valence-corrected chi connectivity index (χ2v) is 7.44. The van der Waals surface area contributed by atoms with E-state index in [1.165, 1.54) is 6.92 Å². The molecule has 0 spiro atoms. The summed E-state index contributed by atoms with van der Waals surface area (Å²) >= 11 is 5.98. The zero-order chi connectivity index (χ0) is 20.4. The maximum Gasteiger partial charge on any atom is 0.235 e. The SMILES string of the molecule is CC(=O)Nc1ccc(CC(=O)N2CCN(c3cn4cc(Cl)cnc4n3)CC2)cc1. The highest BCUT2D eigenvalue weighted by Gasteiger charge is 2.23. The molecule has 0 radical (unpaired) electrons. The minimum Gasteiger partial charge on any atom is -0.352 e. The number of aromatic nitrogens is 3. The minimum atomic E-state index is -0.115. The quantitative estimate of drug-likeness (QED) is 0.710. The van der Waals surface area contributed by atoms with Gasteiger partial charge >= 0.3 is 0 Å². The van der Waals surface area contributed by atoms with Crippen molar-refractivity contribution in [3.05, 3.63) is 53.4 Å². The van der Waals surface area contributed by atoms with Crippen LogP contribution in [-0.2, 0) is 16.0 Å². The average molecular weight is 413 g/mol. The Labute approximate surface area is 173 Å². The Morgan fingerprint density at radius 2 is 1.83 bits per heavy atom. The van der Waals surface area contributed by atoms with E-state index >= 15 is 0 Å². The van der Waals surface area contributed by atoms with Crippen molar-refractivity contribution in [1.29, 1.82) is 0 Å². The molecule has 3 aromatic rings. The lowest BCUT2D eigenvalue weighted by Crippen LogP contribution is -2.49. The number of carbonyl (C=O) groups is 2. The van der Waals surface area contributed by atoms with Crippen LogP contribution < -0.4 is 10.2 Å². The van der Waals surface area contributed by atoms with Crippen LogP contribution >= 0.6 is 11.6 Å². The van der Waals surface area contributed by atoms with Crippen LogP contribution in [0.1, 0.15) is 12.5 Å². The molecule has 1 aliphatic heterocycles. The summed E-state index contributed by atoms with van der Waals surface area (Å²) in [6.07, 6.45) is 5.60. The third-order valence-corrected chi connectivity index (χ3v) is 5.05. The highest BCUT2D eigenvalue weighted by molar-refractivity contribution is 6.30. The van der Waals surface area contributed by atoms with Gasteiger partial charge in [-0.2, -0.15) is 4.98 Å². The van der Waals surface area contributed by atoms with Crippen molar-refractivity contribution < 1.29 is 9.59 Å². The monoisotopic (exact) mass is 412 g/mol. The van der Waals surface area contributed by atoms with E-state index in [0.717, 1.165) is 17.1 Å². The number of hydrogen-bond donors (Lipinski definition) is 1. The van der Waals surface area contributed by atoms with Crippen LogP contribution in [0.15, 0.2) is 42.9 Å². The fraction of sp³-hybridized carbons (Fsp3) is 0.300. The zero-order valence-electron chi connectivity index (χ0n) is 16.0. The molecule has 150 valence electrons. The van der Waals surface area contributed by atoms with E-state index in [0.29, 0.717) is 43.4 Å². The number of hydrogen-bond acceptors (Lipinski definition) is 5. The predicted molar refractivity (Wildman–Crippen MR) is 111 cm³/mol. The molecule has 1 aliphatic rings. The highest BCUT2D eigenvalue weighted by Crippen LogP contribution is 2.18. The molecule has 3 heterocycles. The minimum absolute atomic E-state index is 0.0976. The van der Waals surface area contributed by atoms with Crippen LogP contribution in [-0.4, -0.2) is 57.3 Å². The molecule has 1 aromatic carbocycles. The van der Waals surface area contributed by atoms with Crippen molar-refractivity contribution in [1.82, 2.24) is 19.3 Å². The van der Waals surface area contributed by atoms with E-state index in [1.54, 1.807) is 16.8 Å². The molecular formula is C20H21ClN6O2. The Kier molecular flexibility index (Phi) is 5.35. The smallest absolute Gasteiger partial charge is 0.235 e. The van der Waals surface area contributed by atoms with E-state index in [4.69, 9.17) is 11.6 Å². The van der Waals surface area contributed by atoms with Gasteiger partial charge in [0.1, 0.15) is 5.82 Å². The van der Waals surface area contributed by atoms with Crippen LogP contribution in [0.5, 0.6) is 0 Å². The molecule has 0 aliphatic carbocycles. The number of benzene rings is 1. The highest BCUT2D eigenvalue weighted by atomic mass is 35.5. The standard InChI is InChI=1S/C20H21ClN6O2/c1-14(28)23-17-4-2-15(3-5-17)10-19(29)26-8-6-25(7-9-26)18-13-27-12-16(21)11-22-20(27)24-18/h2-5,11-13H,6-10H2,1H3,(H,23,28). The summed E-state index contributed by atoms with van der Waals surface area (Å²) in [6.45, 7) is 4.18. The van der Waals surface area contributed by atoms with E-state index in [2.05, 4.69) is 20.2 Å². The van der Waals surface area contributed by atoms with Crippen molar-refractivity contribution in [3.8, 4) is 0 Å². The number of piperazine rings is 1. The second kappa shape index (κ2) is 8.08. The molecule has 0 atom stereocenters. The van der Waals surface area contributed by atoms with E-state index in [-0.39, 0.29) is 11.8 Å². The number of fused-ring (bicyclic) bond motifs is 1. The van der Waals surface area contributed by atoms with Crippen LogP contribution in [0.2, 0.25) is 5.02 Å². The summed E-state index contributed by atoms with van der Waals surface area (Å²) in [5, 5.41) is 3.28. The van der Waals surface area contributed by atoms with Gasteiger partial charge in [0, 0.05) is 45.0 Å². The van der Waals surface area contributed by atoms with Crippen molar-refractivity contribution in [3.63, 3.8) is 0 Å². The zero-order valence-corrected chi connectivity index (χ0v) is 16.8. The van der Waals surface area contributed by atoms with E-state index < -0.39 is 0 Å². The van der Waals surface area contributed by atoms with Gasteiger partial charge < -0.3 is 15.1 Å². The number of amides is 2. The third kappa shape index (κ3) is 4.48. The first-order valence-electron chi connectivity index (χ1n) is 9.37. The molecular weight excluding hydrogens is 392 g/mol. The van der Waals surface area contributed by atoms with Gasteiger partial charge in [0.15, 0.2) is 0 Å². The Balaban J connectivity index is 1.33. The largest absolute Gasteiger partial charge is 0.352 e. The van der Waals surface area contributed by atoms with Crippen LogP contribution in [0.25, 0.3) is 5.78 Å². The Bertz CT molecular complexity index is 1040. The van der Waals surface area contributed by atoms with Gasteiger partial charge in [0.25, 0.3) is 0 Å². The summed E-state index contributed by atoms with van der Waals surface area (Å²) in [5.74, 6) is 1.42. The third-order valence-electron chi connectivity index (χ3n) is 4.85. The van der Waals surface area contributed by atoms with Gasteiger partial charge in [0.05, 0.1) is 23.8 Å². The molecule has 8 nitrogen and oxygen atoms in total. The molecule has 1 saturated heterocycles. The maximum absolute atomic E-state index is 12.6. The number of nitrogens with one attached hydrogen (secondary N) is 1. The number of anilines is 2. The van der Waals surface area contributed by atoms with E-state index in [9.17, 15) is 9.59 Å². The Morgan fingerprint density at radius 1 is 1.10 bits per heavy atom. The lowest BCUT2D eigenvalue weighted by atomic mass is 10.1. The summed E-state index contributed by atoms with van der Waals surface area (Å²) < 4.78 is 1.81. The summed E-state index contributed by atoms with van der Waals surface area (Å²) in [6, 6.07) is 7.36. The van der Waals surface area contributed by atoms with Gasteiger partial charge in [-0.05, 0) is 17.7 Å². The summed E-state index contributed by atoms with van der Waals surface area (Å²) in [7, 11) is 0. The first kappa shape index (κ1) is 19.2. The van der Waals surface area contributed by atoms with E-state index in [1.807, 2.05) is 35.4 Å². The molecule has 1 N–H and O–H groups in total. The molecule has 29 heavy (non-hydrogen) atoms. The fourth-order valence-corrected chi connectivity index (χ4v) is 3.53. The lowest BCUT2D eigenvalue weighted by Gasteiger charge is -2.34. The number of rotatable bonds is 4. The number of nitrogens with zero attached hydrogens (tertiary/aromatic N) is 5. The van der Waals surface area contributed by atoms with Crippen LogP contribution in [0, 0.1) is 0 Å². The summed E-state index contributed by atoms with van der Waals surface area (Å²) in [5.41, 5.74) is 1.65. The van der Waals surface area contributed by atoms with Crippen molar-refractivity contribution in [2.24, 2.45) is 0 Å². The predicted octanol–water partition coefficient (Wildman–Crippen LogP) is 2.23. The van der Waals surface area contributed by atoms with Gasteiger partial charge in [-0.3, -0.25) is 14.0 Å². The molecule has 2 amide bonds. The topological polar surface area (TPSA) is 82.8 Å². The van der Waals surface area contributed by atoms with Crippen LogP contribution in [0.3, 0.4) is 0 Å². The van der Waals surface area contributed by atoms with Crippen molar-refractivity contribution in [2.75, 3.05) is 36.4 Å². The lowest BCUT2D eigenvalue weighted by molar-refractivity contribution is -0.130. The molecule has 0 unspecified atom stereocenters. The van der Waals surface area contributed by atoms with Gasteiger partial charge in [-0.25, -0.2) is 4.98 Å². The first-order valence-corrected chi connectivity index (χ1v) is 9.75. The number of halogens is 1. The van der Waals surface area contributed by atoms with Gasteiger partial charge in [-0.1, -0.05) is 23.7 Å². The maximum atomic E-state index is 12.6. The van der Waals surface area contributed by atoms with Crippen molar-refractivity contribution in [2.45, 2.75) is 13.3 Å². The Morgan fingerprint density at radius 3 is 2.52 bits per heavy atom. The van der Waals surface area contributed by atoms with Crippen LogP contribution in [0.4, 0.5) is 11.5 Å².